The van der Waals surface area contributed by atoms with E-state index in [1.54, 1.807) is 18.3 Å². The third kappa shape index (κ3) is 2.77. The predicted molar refractivity (Wildman–Crippen MR) is 48.8 cm³/mol. The minimum atomic E-state index is -0.182. The molecule has 0 aromatic carbocycles. The number of nitrogens with two attached hydrogens (primary N) is 1. The predicted octanol–water partition coefficient (Wildman–Crippen LogP) is -0.0439. The van der Waals surface area contributed by atoms with Gasteiger partial charge in [-0.2, -0.15) is 0 Å². The van der Waals surface area contributed by atoms with Gasteiger partial charge in [0.25, 0.3) is 0 Å². The number of hydrogen-bond donors (Lipinski definition) is 3. The Kier molecular flexibility index (Phi) is 3.82. The lowest BCUT2D eigenvalue weighted by Crippen LogP contribution is -2.12. The number of aliphatic hydroxyl groups excluding tert-OH is 2. The summed E-state index contributed by atoms with van der Waals surface area (Å²) in [7, 11) is 0. The molecule has 1 atom stereocenters. The quantitative estimate of drug-likeness (QED) is 0.610. The number of hydrogen-bond acceptors (Lipinski definition) is 4. The molecule has 0 bridgehead atoms. The summed E-state index contributed by atoms with van der Waals surface area (Å²) < 4.78 is 0. The molecule has 4 nitrogen and oxygen atoms in total. The van der Waals surface area contributed by atoms with Crippen LogP contribution < -0.4 is 5.73 Å². The normalized spacial score (nSPS) is 12.8. The zero-order valence-electron chi connectivity index (χ0n) is 7.35. The molecule has 1 rings (SSSR count). The minimum Gasteiger partial charge on any atom is -0.396 e. The highest BCUT2D eigenvalue weighted by Gasteiger charge is 2.05. The van der Waals surface area contributed by atoms with Crippen LogP contribution in [0.5, 0.6) is 0 Å². The average Bonchev–Trinajstić information content (AvgIpc) is 2.18. The van der Waals surface area contributed by atoms with E-state index >= 15 is 0 Å². The van der Waals surface area contributed by atoms with E-state index in [9.17, 15) is 0 Å². The van der Waals surface area contributed by atoms with Gasteiger partial charge in [0.2, 0.25) is 0 Å². The van der Waals surface area contributed by atoms with Crippen LogP contribution in [0.25, 0.3) is 0 Å². The summed E-state index contributed by atoms with van der Waals surface area (Å²) in [6, 6.07) is 3.36. The van der Waals surface area contributed by atoms with Crippen LogP contribution in [0, 0.1) is 0 Å². The molecule has 0 saturated heterocycles. The number of rotatable bonds is 4. The van der Waals surface area contributed by atoms with Crippen LogP contribution in [0.3, 0.4) is 0 Å². The lowest BCUT2D eigenvalue weighted by Gasteiger charge is -2.10. The number of aliphatic hydroxyl groups is 2. The SMILES string of the molecule is NC(CCO)c1ccnc(CO)c1. The molecule has 0 aliphatic rings. The fourth-order valence-electron chi connectivity index (χ4n) is 1.12. The molecular weight excluding hydrogens is 168 g/mol. The summed E-state index contributed by atoms with van der Waals surface area (Å²) in [5, 5.41) is 17.5. The van der Waals surface area contributed by atoms with Crippen LogP contribution in [0.4, 0.5) is 0 Å². The molecule has 1 unspecified atom stereocenters. The highest BCUT2D eigenvalue weighted by molar-refractivity contribution is 5.19. The van der Waals surface area contributed by atoms with Crippen LogP contribution >= 0.6 is 0 Å². The molecule has 1 aromatic heterocycles. The molecule has 0 radical (unpaired) electrons. The molecule has 0 saturated carbocycles. The molecule has 1 heterocycles. The topological polar surface area (TPSA) is 79.4 Å². The molecule has 0 amide bonds. The van der Waals surface area contributed by atoms with Crippen molar-refractivity contribution in [3.63, 3.8) is 0 Å². The van der Waals surface area contributed by atoms with Gasteiger partial charge in [0, 0.05) is 18.8 Å². The number of nitrogens with zero attached hydrogens (tertiary/aromatic N) is 1. The molecule has 0 fully saturated rings. The number of pyridine rings is 1. The third-order valence-electron chi connectivity index (χ3n) is 1.87. The minimum absolute atomic E-state index is 0.0674. The van der Waals surface area contributed by atoms with Gasteiger partial charge in [-0.25, -0.2) is 0 Å². The van der Waals surface area contributed by atoms with E-state index in [0.29, 0.717) is 12.1 Å². The second-order valence-corrected chi connectivity index (χ2v) is 2.86. The van der Waals surface area contributed by atoms with E-state index in [4.69, 9.17) is 15.9 Å². The van der Waals surface area contributed by atoms with E-state index in [1.807, 2.05) is 0 Å². The van der Waals surface area contributed by atoms with Gasteiger partial charge in [-0.3, -0.25) is 4.98 Å². The summed E-state index contributed by atoms with van der Waals surface area (Å²) >= 11 is 0. The van der Waals surface area contributed by atoms with Crippen molar-refractivity contribution in [3.05, 3.63) is 29.6 Å². The third-order valence-corrected chi connectivity index (χ3v) is 1.87. The Bertz CT molecular complexity index is 266. The average molecular weight is 182 g/mol. The molecular formula is C9H14N2O2. The Morgan fingerprint density at radius 3 is 2.85 bits per heavy atom. The van der Waals surface area contributed by atoms with Gasteiger partial charge in [-0.1, -0.05) is 0 Å². The van der Waals surface area contributed by atoms with Crippen molar-refractivity contribution in [2.75, 3.05) is 6.61 Å². The summed E-state index contributed by atoms with van der Waals surface area (Å²) in [6.07, 6.45) is 2.13. The van der Waals surface area contributed by atoms with Gasteiger partial charge in [0.05, 0.1) is 12.3 Å². The summed E-state index contributed by atoms with van der Waals surface area (Å²) in [5.41, 5.74) is 7.26. The molecule has 0 spiro atoms. The summed E-state index contributed by atoms with van der Waals surface area (Å²) in [4.78, 5) is 3.93. The second kappa shape index (κ2) is 4.91. The van der Waals surface area contributed by atoms with Gasteiger partial charge < -0.3 is 15.9 Å². The van der Waals surface area contributed by atoms with E-state index in [1.165, 1.54) is 0 Å². The molecule has 0 aliphatic carbocycles. The van der Waals surface area contributed by atoms with Crippen molar-refractivity contribution in [2.24, 2.45) is 5.73 Å². The lowest BCUT2D eigenvalue weighted by atomic mass is 10.1. The monoisotopic (exact) mass is 182 g/mol. The van der Waals surface area contributed by atoms with E-state index in [2.05, 4.69) is 4.98 Å². The largest absolute Gasteiger partial charge is 0.396 e. The highest BCUT2D eigenvalue weighted by Crippen LogP contribution is 2.13. The molecule has 4 heteroatoms. The zero-order valence-corrected chi connectivity index (χ0v) is 7.35. The van der Waals surface area contributed by atoms with Crippen LogP contribution in [-0.2, 0) is 6.61 Å². The zero-order chi connectivity index (χ0) is 9.68. The number of aromatic nitrogens is 1. The Balaban J connectivity index is 2.75. The molecule has 13 heavy (non-hydrogen) atoms. The first kappa shape index (κ1) is 10.1. The van der Waals surface area contributed by atoms with Crippen molar-refractivity contribution < 1.29 is 10.2 Å². The summed E-state index contributed by atoms with van der Waals surface area (Å²) in [5.74, 6) is 0. The van der Waals surface area contributed by atoms with Gasteiger partial charge >= 0.3 is 0 Å². The summed E-state index contributed by atoms with van der Waals surface area (Å²) in [6.45, 7) is -0.0162. The van der Waals surface area contributed by atoms with Gasteiger partial charge in [-0.05, 0) is 24.1 Å². The Morgan fingerprint density at radius 2 is 2.23 bits per heavy atom. The maximum Gasteiger partial charge on any atom is 0.0853 e. The fraction of sp³-hybridized carbons (Fsp3) is 0.444. The molecule has 72 valence electrons. The Hall–Kier alpha value is -0.970. The van der Waals surface area contributed by atoms with Gasteiger partial charge in [0.15, 0.2) is 0 Å². The van der Waals surface area contributed by atoms with Crippen molar-refractivity contribution in [1.29, 1.82) is 0 Å². The van der Waals surface area contributed by atoms with Crippen molar-refractivity contribution in [3.8, 4) is 0 Å². The smallest absolute Gasteiger partial charge is 0.0853 e. The van der Waals surface area contributed by atoms with E-state index < -0.39 is 0 Å². The first-order chi connectivity index (χ1) is 6.27. The molecule has 4 N–H and O–H groups in total. The van der Waals surface area contributed by atoms with Crippen LogP contribution in [0.2, 0.25) is 0 Å². The standard InChI is InChI=1S/C9H14N2O2/c10-9(2-4-12)7-1-3-11-8(5-7)6-13/h1,3,5,9,12-13H,2,4,6,10H2. The Labute approximate surface area is 77.0 Å². The first-order valence-electron chi connectivity index (χ1n) is 4.20. The molecule has 0 aliphatic heterocycles. The fourth-order valence-corrected chi connectivity index (χ4v) is 1.12. The first-order valence-corrected chi connectivity index (χ1v) is 4.20. The second-order valence-electron chi connectivity index (χ2n) is 2.86. The van der Waals surface area contributed by atoms with Gasteiger partial charge in [-0.15, -0.1) is 0 Å². The van der Waals surface area contributed by atoms with Crippen molar-refractivity contribution in [1.82, 2.24) is 4.98 Å². The Morgan fingerprint density at radius 1 is 1.46 bits per heavy atom. The van der Waals surface area contributed by atoms with Crippen molar-refractivity contribution in [2.45, 2.75) is 19.1 Å². The van der Waals surface area contributed by atoms with Crippen LogP contribution in [-0.4, -0.2) is 21.8 Å². The van der Waals surface area contributed by atoms with Crippen LogP contribution in [0.15, 0.2) is 18.3 Å². The van der Waals surface area contributed by atoms with Gasteiger partial charge in [0.1, 0.15) is 0 Å². The van der Waals surface area contributed by atoms with E-state index in [-0.39, 0.29) is 19.3 Å². The maximum absolute atomic E-state index is 8.82. The highest BCUT2D eigenvalue weighted by atomic mass is 16.3. The van der Waals surface area contributed by atoms with E-state index in [0.717, 1.165) is 5.56 Å². The lowest BCUT2D eigenvalue weighted by molar-refractivity contribution is 0.273. The van der Waals surface area contributed by atoms with Crippen LogP contribution in [0.1, 0.15) is 23.7 Å². The molecule has 1 aromatic rings. The maximum atomic E-state index is 8.82. The van der Waals surface area contributed by atoms with Crippen molar-refractivity contribution >= 4 is 0 Å².